The molecule has 1 aromatic heterocycles. The lowest BCUT2D eigenvalue weighted by molar-refractivity contribution is 0.0958. The summed E-state index contributed by atoms with van der Waals surface area (Å²) in [6.07, 6.45) is 0. The Labute approximate surface area is 160 Å². The van der Waals surface area contributed by atoms with Crippen molar-refractivity contribution in [2.24, 2.45) is 0 Å². The number of amides is 1. The molecule has 1 heterocycles. The number of benzene rings is 2. The first-order chi connectivity index (χ1) is 13.0. The van der Waals surface area contributed by atoms with Gasteiger partial charge in [0.25, 0.3) is 5.91 Å². The third-order valence-electron chi connectivity index (χ3n) is 3.73. The van der Waals surface area contributed by atoms with Crippen molar-refractivity contribution in [3.8, 4) is 10.4 Å². The van der Waals surface area contributed by atoms with Crippen molar-refractivity contribution in [2.75, 3.05) is 13.1 Å². The molecular weight excluding hydrogens is 387 g/mol. The smallest absolute Gasteiger partial charge is 0.261 e. The van der Waals surface area contributed by atoms with Crippen LogP contribution in [-0.2, 0) is 10.0 Å². The van der Waals surface area contributed by atoms with Crippen molar-refractivity contribution in [1.82, 2.24) is 10.0 Å². The fourth-order valence-corrected chi connectivity index (χ4v) is 4.40. The minimum atomic E-state index is -3.60. The van der Waals surface area contributed by atoms with Gasteiger partial charge in [0, 0.05) is 23.5 Å². The highest BCUT2D eigenvalue weighted by Gasteiger charge is 2.14. The first-order valence-corrected chi connectivity index (χ1v) is 10.4. The summed E-state index contributed by atoms with van der Waals surface area (Å²) in [4.78, 5) is 13.5. The fraction of sp³-hybridized carbons (Fsp3) is 0.105. The average molecular weight is 404 g/mol. The summed E-state index contributed by atoms with van der Waals surface area (Å²) in [5.74, 6) is -0.678. The second-order valence-corrected chi connectivity index (χ2v) is 8.46. The van der Waals surface area contributed by atoms with Gasteiger partial charge in [-0.25, -0.2) is 17.5 Å². The van der Waals surface area contributed by atoms with Gasteiger partial charge in [-0.15, -0.1) is 11.3 Å². The number of carbonyl (C=O) groups is 1. The van der Waals surface area contributed by atoms with Crippen LogP contribution in [0.15, 0.2) is 71.6 Å². The van der Waals surface area contributed by atoms with E-state index in [1.54, 1.807) is 48.5 Å². The molecule has 0 aliphatic carbocycles. The number of rotatable bonds is 7. The standard InChI is InChI=1S/C19H17FN2O3S2/c20-16-9-5-4-8-15(16)17-10-11-18(26-17)19(23)21-12-13-22-27(24,25)14-6-2-1-3-7-14/h1-11,22H,12-13H2,(H,21,23). The van der Waals surface area contributed by atoms with Crippen LogP contribution in [0.25, 0.3) is 10.4 Å². The predicted molar refractivity (Wildman–Crippen MR) is 104 cm³/mol. The minimum absolute atomic E-state index is 0.0640. The van der Waals surface area contributed by atoms with Gasteiger partial charge in [0.15, 0.2) is 0 Å². The minimum Gasteiger partial charge on any atom is -0.350 e. The number of carbonyl (C=O) groups excluding carboxylic acids is 1. The molecule has 0 radical (unpaired) electrons. The number of hydrogen-bond donors (Lipinski definition) is 2. The second kappa shape index (κ2) is 8.43. The van der Waals surface area contributed by atoms with E-state index in [0.29, 0.717) is 15.3 Å². The maximum absolute atomic E-state index is 13.8. The van der Waals surface area contributed by atoms with Crippen LogP contribution in [0.2, 0.25) is 0 Å². The maximum Gasteiger partial charge on any atom is 0.261 e. The van der Waals surface area contributed by atoms with Crippen molar-refractivity contribution < 1.29 is 17.6 Å². The van der Waals surface area contributed by atoms with E-state index in [2.05, 4.69) is 10.0 Å². The van der Waals surface area contributed by atoms with Gasteiger partial charge < -0.3 is 5.32 Å². The molecule has 0 spiro atoms. The Kier molecular flexibility index (Phi) is 6.00. The van der Waals surface area contributed by atoms with Gasteiger partial charge in [-0.2, -0.15) is 0 Å². The summed E-state index contributed by atoms with van der Waals surface area (Å²) in [7, 11) is -3.60. The maximum atomic E-state index is 13.8. The zero-order chi connectivity index (χ0) is 19.3. The SMILES string of the molecule is O=C(NCCNS(=O)(=O)c1ccccc1)c1ccc(-c2ccccc2F)s1. The Morgan fingerprint density at radius 2 is 1.63 bits per heavy atom. The lowest BCUT2D eigenvalue weighted by Crippen LogP contribution is -2.34. The van der Waals surface area contributed by atoms with Crippen LogP contribution in [0.3, 0.4) is 0 Å². The van der Waals surface area contributed by atoms with Crippen LogP contribution in [-0.4, -0.2) is 27.4 Å². The van der Waals surface area contributed by atoms with Crippen molar-refractivity contribution >= 4 is 27.3 Å². The Morgan fingerprint density at radius 3 is 2.37 bits per heavy atom. The molecule has 0 aliphatic heterocycles. The van der Waals surface area contributed by atoms with E-state index in [0.717, 1.165) is 0 Å². The Bertz CT molecular complexity index is 1030. The molecular formula is C19H17FN2O3S2. The molecule has 3 rings (SSSR count). The number of halogens is 1. The molecule has 1 amide bonds. The van der Waals surface area contributed by atoms with Crippen molar-refractivity contribution in [3.05, 3.63) is 77.4 Å². The highest BCUT2D eigenvalue weighted by atomic mass is 32.2. The van der Waals surface area contributed by atoms with Crippen molar-refractivity contribution in [3.63, 3.8) is 0 Å². The summed E-state index contributed by atoms with van der Waals surface area (Å²) in [5.41, 5.74) is 0.442. The zero-order valence-corrected chi connectivity index (χ0v) is 15.8. The van der Waals surface area contributed by atoms with E-state index < -0.39 is 10.0 Å². The first kappa shape index (κ1) is 19.2. The first-order valence-electron chi connectivity index (χ1n) is 8.15. The second-order valence-electron chi connectivity index (χ2n) is 5.61. The molecule has 27 heavy (non-hydrogen) atoms. The third-order valence-corrected chi connectivity index (χ3v) is 6.32. The van der Waals surface area contributed by atoms with Crippen molar-refractivity contribution in [1.29, 1.82) is 0 Å². The summed E-state index contributed by atoms with van der Waals surface area (Å²) in [6.45, 7) is 0.201. The lowest BCUT2D eigenvalue weighted by atomic mass is 10.2. The van der Waals surface area contributed by atoms with Gasteiger partial charge in [-0.05, 0) is 30.3 Å². The number of nitrogens with one attached hydrogen (secondary N) is 2. The van der Waals surface area contributed by atoms with Crippen LogP contribution >= 0.6 is 11.3 Å². The van der Waals surface area contributed by atoms with Gasteiger partial charge >= 0.3 is 0 Å². The molecule has 2 aromatic carbocycles. The van der Waals surface area contributed by atoms with Crippen molar-refractivity contribution in [2.45, 2.75) is 4.90 Å². The van der Waals surface area contributed by atoms with E-state index in [9.17, 15) is 17.6 Å². The Morgan fingerprint density at radius 1 is 0.926 bits per heavy atom. The number of thiophene rings is 1. The van der Waals surface area contributed by atoms with E-state index >= 15 is 0 Å². The topological polar surface area (TPSA) is 75.3 Å². The Hall–Kier alpha value is -2.55. The number of hydrogen-bond acceptors (Lipinski definition) is 4. The predicted octanol–water partition coefficient (Wildman–Crippen LogP) is 3.26. The molecule has 0 bridgehead atoms. The van der Waals surface area contributed by atoms with E-state index in [1.807, 2.05) is 0 Å². The highest BCUT2D eigenvalue weighted by Crippen LogP contribution is 2.29. The van der Waals surface area contributed by atoms with Crippen LogP contribution in [0.5, 0.6) is 0 Å². The highest BCUT2D eigenvalue weighted by molar-refractivity contribution is 7.89. The normalized spacial score (nSPS) is 11.3. The third kappa shape index (κ3) is 4.79. The lowest BCUT2D eigenvalue weighted by Gasteiger charge is -2.07. The monoisotopic (exact) mass is 404 g/mol. The largest absolute Gasteiger partial charge is 0.350 e. The van der Waals surface area contributed by atoms with E-state index in [4.69, 9.17) is 0 Å². The molecule has 8 heteroatoms. The Balaban J connectivity index is 1.54. The molecule has 3 aromatic rings. The average Bonchev–Trinajstić information content (AvgIpc) is 3.16. The summed E-state index contributed by atoms with van der Waals surface area (Å²) >= 11 is 1.18. The molecule has 0 unspecified atom stereocenters. The summed E-state index contributed by atoms with van der Waals surface area (Å²) in [5, 5.41) is 2.65. The molecule has 0 fully saturated rings. The van der Waals surface area contributed by atoms with Gasteiger partial charge in [-0.3, -0.25) is 4.79 Å². The molecule has 0 aliphatic rings. The van der Waals surface area contributed by atoms with Crippen LogP contribution in [0.4, 0.5) is 4.39 Å². The number of sulfonamides is 1. The molecule has 0 atom stereocenters. The zero-order valence-electron chi connectivity index (χ0n) is 14.2. The summed E-state index contributed by atoms with van der Waals surface area (Å²) in [6, 6.07) is 17.7. The van der Waals surface area contributed by atoms with Crippen LogP contribution < -0.4 is 10.0 Å². The van der Waals surface area contributed by atoms with Crippen LogP contribution in [0.1, 0.15) is 9.67 Å². The molecule has 0 saturated carbocycles. The van der Waals surface area contributed by atoms with Gasteiger partial charge in [0.2, 0.25) is 10.0 Å². The molecule has 5 nitrogen and oxygen atoms in total. The molecule has 0 saturated heterocycles. The van der Waals surface area contributed by atoms with Gasteiger partial charge in [0.05, 0.1) is 9.77 Å². The van der Waals surface area contributed by atoms with Crippen LogP contribution in [0, 0.1) is 5.82 Å². The molecule has 140 valence electrons. The quantitative estimate of drug-likeness (QED) is 0.594. The molecule has 2 N–H and O–H groups in total. The summed E-state index contributed by atoms with van der Waals surface area (Å²) < 4.78 is 40.4. The van der Waals surface area contributed by atoms with E-state index in [-0.39, 0.29) is 29.7 Å². The van der Waals surface area contributed by atoms with Gasteiger partial charge in [0.1, 0.15) is 5.82 Å². The van der Waals surface area contributed by atoms with E-state index in [1.165, 1.54) is 29.5 Å². The van der Waals surface area contributed by atoms with Gasteiger partial charge in [-0.1, -0.05) is 36.4 Å². The fourth-order valence-electron chi connectivity index (χ4n) is 2.40.